The van der Waals surface area contributed by atoms with Gasteiger partial charge in [-0.15, -0.1) is 0 Å². The van der Waals surface area contributed by atoms with E-state index < -0.39 is 0 Å². The molecule has 0 N–H and O–H groups in total. The molecule has 3 heteroatoms. The molecule has 0 aliphatic heterocycles. The van der Waals surface area contributed by atoms with Gasteiger partial charge in [0, 0.05) is 14.1 Å². The third-order valence-electron chi connectivity index (χ3n) is 1.09. The highest BCUT2D eigenvalue weighted by Crippen LogP contribution is 2.24. The lowest BCUT2D eigenvalue weighted by Gasteiger charge is -2.04. The van der Waals surface area contributed by atoms with E-state index in [4.69, 9.17) is 0 Å². The molecule has 2 nitrogen and oxygen atoms in total. The molecule has 0 aromatic heterocycles. The molecule has 0 bridgehead atoms. The summed E-state index contributed by atoms with van der Waals surface area (Å²) >= 11 is 1.53. The maximum Gasteiger partial charge on any atom is 0.0950 e. The summed E-state index contributed by atoms with van der Waals surface area (Å²) in [6.45, 7) is 9.71. The van der Waals surface area contributed by atoms with Gasteiger partial charge < -0.3 is 4.90 Å². The highest BCUT2D eigenvalue weighted by atomic mass is 32.2. The minimum Gasteiger partial charge on any atom is -0.369 e. The molecule has 0 atom stereocenters. The van der Waals surface area contributed by atoms with Crippen molar-refractivity contribution in [1.82, 2.24) is 4.90 Å². The van der Waals surface area contributed by atoms with Crippen LogP contribution in [-0.4, -0.2) is 25.3 Å². The van der Waals surface area contributed by atoms with Crippen molar-refractivity contribution >= 4 is 18.1 Å². The topological polar surface area (TPSA) is 15.6 Å². The Balaban J connectivity index is 3.82. The normalized spacial score (nSPS) is 10.2. The van der Waals surface area contributed by atoms with Crippen molar-refractivity contribution in [3.8, 4) is 0 Å². The molecule has 0 saturated heterocycles. The number of hydrogen-bond donors (Lipinski definition) is 0. The van der Waals surface area contributed by atoms with Crippen LogP contribution >= 0.6 is 11.8 Å². The molecule has 0 spiro atoms. The van der Waals surface area contributed by atoms with Crippen molar-refractivity contribution in [2.24, 2.45) is 4.99 Å². The molecule has 0 fully saturated rings. The predicted molar refractivity (Wildman–Crippen MR) is 58.3 cm³/mol. The van der Waals surface area contributed by atoms with Crippen molar-refractivity contribution < 1.29 is 0 Å². The molecule has 0 amide bonds. The first kappa shape index (κ1) is 11.3. The highest BCUT2D eigenvalue weighted by Gasteiger charge is 1.93. The number of rotatable bonds is 5. The van der Waals surface area contributed by atoms with Gasteiger partial charge in [-0.2, -0.15) is 0 Å². The second-order valence-corrected chi connectivity index (χ2v) is 3.85. The Morgan fingerprint density at radius 1 is 1.50 bits per heavy atom. The lowest BCUT2D eigenvalue weighted by atomic mass is 10.5. The fourth-order valence-electron chi connectivity index (χ4n) is 0.445. The van der Waals surface area contributed by atoms with Gasteiger partial charge in [-0.1, -0.05) is 31.8 Å². The van der Waals surface area contributed by atoms with E-state index in [9.17, 15) is 0 Å². The summed E-state index contributed by atoms with van der Waals surface area (Å²) in [5.74, 6) is 0. The van der Waals surface area contributed by atoms with E-state index >= 15 is 0 Å². The van der Waals surface area contributed by atoms with Crippen LogP contribution < -0.4 is 0 Å². The van der Waals surface area contributed by atoms with Crippen molar-refractivity contribution in [3.63, 3.8) is 0 Å². The van der Waals surface area contributed by atoms with Crippen molar-refractivity contribution in [3.05, 3.63) is 23.1 Å². The van der Waals surface area contributed by atoms with Gasteiger partial charge in [0.2, 0.25) is 0 Å². The van der Waals surface area contributed by atoms with E-state index in [1.807, 2.05) is 19.0 Å². The highest BCUT2D eigenvalue weighted by molar-refractivity contribution is 8.06. The molecule has 0 aliphatic rings. The van der Waals surface area contributed by atoms with Crippen LogP contribution in [0, 0.1) is 0 Å². The number of nitrogens with zero attached hydrogens (tertiary/aromatic N) is 2. The molecule has 0 heterocycles. The molecule has 0 unspecified atom stereocenters. The second-order valence-electron chi connectivity index (χ2n) is 2.60. The van der Waals surface area contributed by atoms with Gasteiger partial charge in [-0.25, -0.2) is 4.99 Å². The van der Waals surface area contributed by atoms with Crippen LogP contribution in [0.5, 0.6) is 0 Å². The molecule has 12 heavy (non-hydrogen) atoms. The third kappa shape index (κ3) is 6.04. The average molecular weight is 184 g/mol. The van der Waals surface area contributed by atoms with E-state index in [-0.39, 0.29) is 0 Å². The zero-order valence-corrected chi connectivity index (χ0v) is 8.82. The number of hydrogen-bond acceptors (Lipinski definition) is 2. The Hall–Kier alpha value is -0.700. The van der Waals surface area contributed by atoms with Crippen LogP contribution in [0.4, 0.5) is 0 Å². The summed E-state index contributed by atoms with van der Waals surface area (Å²) < 4.78 is 0. The Morgan fingerprint density at radius 3 is 2.50 bits per heavy atom. The quantitative estimate of drug-likeness (QED) is 0.482. The predicted octanol–water partition coefficient (Wildman–Crippen LogP) is 2.70. The molecule has 68 valence electrons. The maximum absolute atomic E-state index is 4.12. The summed E-state index contributed by atoms with van der Waals surface area (Å²) in [5, 5.41) is 0.788. The van der Waals surface area contributed by atoms with Gasteiger partial charge in [0.15, 0.2) is 0 Å². The largest absolute Gasteiger partial charge is 0.369 e. The SMILES string of the molecule is C=C(CC)SC(=C)/N=C\N(C)C. The molecule has 0 aromatic rings. The smallest absolute Gasteiger partial charge is 0.0950 e. The van der Waals surface area contributed by atoms with Gasteiger partial charge >= 0.3 is 0 Å². The van der Waals surface area contributed by atoms with Gasteiger partial charge in [0.1, 0.15) is 0 Å². The van der Waals surface area contributed by atoms with Crippen LogP contribution in [0.1, 0.15) is 13.3 Å². The van der Waals surface area contributed by atoms with Gasteiger partial charge in [-0.3, -0.25) is 0 Å². The second kappa shape index (κ2) is 5.89. The molecule has 0 rings (SSSR count). The van der Waals surface area contributed by atoms with E-state index in [1.165, 1.54) is 11.8 Å². The lowest BCUT2D eigenvalue weighted by molar-refractivity contribution is 0.643. The molecule has 0 radical (unpaired) electrons. The minimum absolute atomic E-state index is 0.788. The first-order valence-corrected chi connectivity index (χ1v) is 4.63. The summed E-state index contributed by atoms with van der Waals surface area (Å²) in [4.78, 5) is 7.09. The van der Waals surface area contributed by atoms with Crippen molar-refractivity contribution in [2.75, 3.05) is 14.1 Å². The number of thioether (sulfide) groups is 1. The monoisotopic (exact) mass is 184 g/mol. The number of aliphatic imine (C=N–C) groups is 1. The fraction of sp³-hybridized carbons (Fsp3) is 0.444. The lowest BCUT2D eigenvalue weighted by Crippen LogP contribution is -2.07. The first-order chi connectivity index (χ1) is 5.56. The maximum atomic E-state index is 4.12. The fourth-order valence-corrected chi connectivity index (χ4v) is 1.02. The Kier molecular flexibility index (Phi) is 5.54. The van der Waals surface area contributed by atoms with Crippen LogP contribution in [0.25, 0.3) is 0 Å². The van der Waals surface area contributed by atoms with Gasteiger partial charge in [-0.05, 0) is 11.3 Å². The first-order valence-electron chi connectivity index (χ1n) is 3.81. The Labute approximate surface area is 79.1 Å². The molecule has 0 aliphatic carbocycles. The van der Waals surface area contributed by atoms with E-state index in [1.54, 1.807) is 6.34 Å². The minimum atomic E-state index is 0.788. The Morgan fingerprint density at radius 2 is 2.08 bits per heavy atom. The molecular formula is C9H16N2S. The van der Waals surface area contributed by atoms with Gasteiger partial charge in [0.25, 0.3) is 0 Å². The molecule has 0 aromatic carbocycles. The standard InChI is InChI=1S/C9H16N2S/c1-6-8(2)12-9(3)10-7-11(4)5/h7H,2-3,6H2,1,4-5H3/b10-7-. The Bertz CT molecular complexity index is 195. The summed E-state index contributed by atoms with van der Waals surface area (Å²) in [5.41, 5.74) is 0. The zero-order valence-electron chi connectivity index (χ0n) is 8.00. The van der Waals surface area contributed by atoms with Crippen LogP contribution in [0.2, 0.25) is 0 Å². The average Bonchev–Trinajstić information content (AvgIpc) is 2.00. The van der Waals surface area contributed by atoms with Gasteiger partial charge in [0.05, 0.1) is 11.4 Å². The third-order valence-corrected chi connectivity index (χ3v) is 2.01. The molecule has 0 saturated carbocycles. The van der Waals surface area contributed by atoms with Crippen molar-refractivity contribution in [1.29, 1.82) is 0 Å². The number of allylic oxidation sites excluding steroid dienone is 1. The molecular weight excluding hydrogens is 168 g/mol. The van der Waals surface area contributed by atoms with E-state index in [0.29, 0.717) is 0 Å². The summed E-state index contributed by atoms with van der Waals surface area (Å²) in [6, 6.07) is 0. The van der Waals surface area contributed by atoms with E-state index in [2.05, 4.69) is 25.1 Å². The van der Waals surface area contributed by atoms with E-state index in [0.717, 1.165) is 16.4 Å². The van der Waals surface area contributed by atoms with Crippen LogP contribution in [0.3, 0.4) is 0 Å². The van der Waals surface area contributed by atoms with Crippen molar-refractivity contribution in [2.45, 2.75) is 13.3 Å². The zero-order chi connectivity index (χ0) is 9.56. The van der Waals surface area contributed by atoms with Crippen LogP contribution in [0.15, 0.2) is 28.1 Å². The summed E-state index contributed by atoms with van der Waals surface area (Å²) in [6.07, 6.45) is 2.69. The van der Waals surface area contributed by atoms with Crippen LogP contribution in [-0.2, 0) is 0 Å². The summed E-state index contributed by atoms with van der Waals surface area (Å²) in [7, 11) is 3.85.